The number of hydrogen-bond acceptors (Lipinski definition) is 4. The Bertz CT molecular complexity index is 1140. The molecule has 0 aliphatic heterocycles. The molecule has 0 radical (unpaired) electrons. The van der Waals surface area contributed by atoms with Crippen molar-refractivity contribution in [2.75, 3.05) is 0 Å². The molecule has 0 aliphatic rings. The van der Waals surface area contributed by atoms with E-state index in [1.54, 1.807) is 38.4 Å². The second-order valence-corrected chi connectivity index (χ2v) is 6.23. The predicted octanol–water partition coefficient (Wildman–Crippen LogP) is 1.62. The molecular weight excluding hydrogens is 334 g/mol. The Kier molecular flexibility index (Phi) is 4.46. The number of aromatic nitrogens is 3. The van der Waals surface area contributed by atoms with Gasteiger partial charge in [0.05, 0.1) is 11.1 Å². The van der Waals surface area contributed by atoms with E-state index in [-0.39, 0.29) is 17.7 Å². The standard InChI is InChI=1S/C19H19N3O4/c1-11-16(18(25)22(3)19(26)21(11)2)13-8-6-12(7-9-15(23)24)17-14(13)5-4-10-20-17/h4-6,8,10H,7,9H2,1-3H3,(H,23,24). The molecule has 3 rings (SSSR count). The molecule has 134 valence electrons. The van der Waals surface area contributed by atoms with Crippen molar-refractivity contribution in [2.45, 2.75) is 19.8 Å². The maximum Gasteiger partial charge on any atom is 0.330 e. The highest BCUT2D eigenvalue weighted by Crippen LogP contribution is 2.29. The lowest BCUT2D eigenvalue weighted by Gasteiger charge is -2.15. The third kappa shape index (κ3) is 2.81. The largest absolute Gasteiger partial charge is 0.481 e. The Morgan fingerprint density at radius 3 is 2.58 bits per heavy atom. The number of carboxylic acids is 1. The highest BCUT2D eigenvalue weighted by atomic mass is 16.4. The number of hydrogen-bond donors (Lipinski definition) is 1. The minimum absolute atomic E-state index is 0.00561. The monoisotopic (exact) mass is 353 g/mol. The smallest absolute Gasteiger partial charge is 0.330 e. The van der Waals surface area contributed by atoms with E-state index in [4.69, 9.17) is 5.11 Å². The number of carboxylic acid groups (broad SMARTS) is 1. The van der Waals surface area contributed by atoms with Gasteiger partial charge < -0.3 is 9.67 Å². The van der Waals surface area contributed by atoms with Crippen molar-refractivity contribution < 1.29 is 9.90 Å². The van der Waals surface area contributed by atoms with E-state index >= 15 is 0 Å². The zero-order chi connectivity index (χ0) is 19.0. The lowest BCUT2D eigenvalue weighted by Crippen LogP contribution is -2.39. The van der Waals surface area contributed by atoms with Crippen molar-refractivity contribution in [2.24, 2.45) is 14.1 Å². The first-order valence-corrected chi connectivity index (χ1v) is 8.18. The molecule has 3 aromatic rings. The molecule has 1 N–H and O–H groups in total. The van der Waals surface area contributed by atoms with Crippen molar-refractivity contribution in [3.05, 3.63) is 62.6 Å². The number of benzene rings is 1. The summed E-state index contributed by atoms with van der Waals surface area (Å²) in [4.78, 5) is 40.2. The first-order valence-electron chi connectivity index (χ1n) is 8.18. The van der Waals surface area contributed by atoms with E-state index in [0.29, 0.717) is 28.8 Å². The van der Waals surface area contributed by atoms with Gasteiger partial charge in [-0.25, -0.2) is 4.79 Å². The summed E-state index contributed by atoms with van der Waals surface area (Å²) >= 11 is 0. The van der Waals surface area contributed by atoms with Crippen molar-refractivity contribution in [3.63, 3.8) is 0 Å². The molecule has 7 nitrogen and oxygen atoms in total. The molecule has 0 spiro atoms. The van der Waals surface area contributed by atoms with Gasteiger partial charge in [-0.05, 0) is 30.5 Å². The van der Waals surface area contributed by atoms with E-state index in [1.165, 1.54) is 11.6 Å². The van der Waals surface area contributed by atoms with Crippen LogP contribution in [0.2, 0.25) is 0 Å². The lowest BCUT2D eigenvalue weighted by molar-refractivity contribution is -0.136. The summed E-state index contributed by atoms with van der Waals surface area (Å²) in [5.74, 6) is -0.874. The minimum Gasteiger partial charge on any atom is -0.481 e. The Morgan fingerprint density at radius 2 is 1.88 bits per heavy atom. The average Bonchev–Trinajstić information content (AvgIpc) is 2.64. The van der Waals surface area contributed by atoms with Crippen LogP contribution in [0.3, 0.4) is 0 Å². The van der Waals surface area contributed by atoms with E-state index < -0.39 is 5.97 Å². The molecule has 0 aliphatic carbocycles. The van der Waals surface area contributed by atoms with E-state index in [1.807, 2.05) is 6.07 Å². The summed E-state index contributed by atoms with van der Waals surface area (Å²) in [7, 11) is 3.08. The van der Waals surface area contributed by atoms with Gasteiger partial charge in [0.25, 0.3) is 5.56 Å². The Morgan fingerprint density at radius 1 is 1.15 bits per heavy atom. The van der Waals surface area contributed by atoms with E-state index in [0.717, 1.165) is 15.5 Å². The third-order valence-corrected chi connectivity index (χ3v) is 4.69. The van der Waals surface area contributed by atoms with Crippen LogP contribution in [-0.2, 0) is 25.3 Å². The number of carbonyl (C=O) groups is 1. The third-order valence-electron chi connectivity index (χ3n) is 4.69. The van der Waals surface area contributed by atoms with Gasteiger partial charge in [-0.15, -0.1) is 0 Å². The Hall–Kier alpha value is -3.22. The van der Waals surface area contributed by atoms with Gasteiger partial charge in [-0.2, -0.15) is 0 Å². The molecule has 0 bridgehead atoms. The molecule has 0 saturated carbocycles. The lowest BCUT2D eigenvalue weighted by atomic mass is 9.96. The number of pyridine rings is 1. The predicted molar refractivity (Wildman–Crippen MR) is 98.4 cm³/mol. The van der Waals surface area contributed by atoms with Gasteiger partial charge in [-0.1, -0.05) is 18.2 Å². The molecule has 0 unspecified atom stereocenters. The van der Waals surface area contributed by atoms with Crippen LogP contribution in [0.15, 0.2) is 40.1 Å². The molecule has 0 saturated heterocycles. The highest BCUT2D eigenvalue weighted by molar-refractivity contribution is 5.96. The normalized spacial score (nSPS) is 11.0. The van der Waals surface area contributed by atoms with E-state index in [2.05, 4.69) is 4.98 Å². The molecule has 0 amide bonds. The van der Waals surface area contributed by atoms with Gasteiger partial charge in [0.2, 0.25) is 0 Å². The van der Waals surface area contributed by atoms with Crippen LogP contribution < -0.4 is 11.2 Å². The molecule has 1 aromatic carbocycles. The van der Waals surface area contributed by atoms with Gasteiger partial charge in [-0.3, -0.25) is 19.1 Å². The Labute approximate surface area is 149 Å². The minimum atomic E-state index is -0.874. The first kappa shape index (κ1) is 17.6. The number of aryl methyl sites for hydroxylation is 1. The fourth-order valence-electron chi connectivity index (χ4n) is 3.15. The summed E-state index contributed by atoms with van der Waals surface area (Å²) in [5.41, 5.74) is 2.43. The topological polar surface area (TPSA) is 94.2 Å². The van der Waals surface area contributed by atoms with Crippen LogP contribution in [0.1, 0.15) is 17.7 Å². The summed E-state index contributed by atoms with van der Waals surface area (Å²) in [5, 5.41) is 9.70. The SMILES string of the molecule is Cc1c(-c2ccc(CCC(=O)O)c3ncccc23)c(=O)n(C)c(=O)n1C. The maximum atomic E-state index is 12.8. The van der Waals surface area contributed by atoms with Gasteiger partial charge in [0, 0.05) is 37.8 Å². The van der Waals surface area contributed by atoms with Gasteiger partial charge in [0.1, 0.15) is 0 Å². The van der Waals surface area contributed by atoms with Crippen molar-refractivity contribution >= 4 is 16.9 Å². The van der Waals surface area contributed by atoms with Crippen molar-refractivity contribution in [1.82, 2.24) is 14.1 Å². The second kappa shape index (κ2) is 6.59. The summed E-state index contributed by atoms with van der Waals surface area (Å²) in [6.45, 7) is 1.73. The maximum absolute atomic E-state index is 12.8. The fraction of sp³-hybridized carbons (Fsp3) is 0.263. The van der Waals surface area contributed by atoms with Crippen LogP contribution in [0.4, 0.5) is 0 Å². The van der Waals surface area contributed by atoms with Crippen LogP contribution >= 0.6 is 0 Å². The summed E-state index contributed by atoms with van der Waals surface area (Å²) < 4.78 is 2.53. The van der Waals surface area contributed by atoms with Gasteiger partial charge in [0.15, 0.2) is 0 Å². The number of nitrogens with zero attached hydrogens (tertiary/aromatic N) is 3. The van der Waals surface area contributed by atoms with Crippen LogP contribution in [0, 0.1) is 6.92 Å². The summed E-state index contributed by atoms with van der Waals surface area (Å²) in [6.07, 6.45) is 2.00. The second-order valence-electron chi connectivity index (χ2n) is 6.23. The molecule has 2 heterocycles. The number of aliphatic carboxylic acids is 1. The van der Waals surface area contributed by atoms with Crippen LogP contribution in [0.25, 0.3) is 22.0 Å². The molecule has 0 atom stereocenters. The number of rotatable bonds is 4. The van der Waals surface area contributed by atoms with Crippen LogP contribution in [0.5, 0.6) is 0 Å². The van der Waals surface area contributed by atoms with E-state index in [9.17, 15) is 14.4 Å². The van der Waals surface area contributed by atoms with Crippen molar-refractivity contribution in [1.29, 1.82) is 0 Å². The average molecular weight is 353 g/mol. The van der Waals surface area contributed by atoms with Crippen LogP contribution in [-0.4, -0.2) is 25.2 Å². The highest BCUT2D eigenvalue weighted by Gasteiger charge is 2.18. The Balaban J connectivity index is 2.32. The zero-order valence-electron chi connectivity index (χ0n) is 14.8. The molecular formula is C19H19N3O4. The van der Waals surface area contributed by atoms with Gasteiger partial charge >= 0.3 is 11.7 Å². The molecule has 7 heteroatoms. The fourth-order valence-corrected chi connectivity index (χ4v) is 3.15. The molecule has 2 aromatic heterocycles. The summed E-state index contributed by atoms with van der Waals surface area (Å²) in [6, 6.07) is 7.23. The molecule has 26 heavy (non-hydrogen) atoms. The van der Waals surface area contributed by atoms with Crippen molar-refractivity contribution in [3.8, 4) is 11.1 Å². The number of fused-ring (bicyclic) bond motifs is 1. The molecule has 0 fully saturated rings. The first-order chi connectivity index (χ1) is 12.3. The zero-order valence-corrected chi connectivity index (χ0v) is 14.8. The quantitative estimate of drug-likeness (QED) is 0.769.